The van der Waals surface area contributed by atoms with Crippen LogP contribution in [0.3, 0.4) is 0 Å². The Morgan fingerprint density at radius 1 is 0.593 bits per heavy atom. The summed E-state index contributed by atoms with van der Waals surface area (Å²) in [6, 6.07) is 24.6. The summed E-state index contributed by atoms with van der Waals surface area (Å²) in [6.07, 6.45) is 0. The van der Waals surface area contributed by atoms with Crippen LogP contribution in [0.15, 0.2) is 83.3 Å². The van der Waals surface area contributed by atoms with Crippen LogP contribution in [0.5, 0.6) is 5.75 Å². The highest BCUT2D eigenvalue weighted by molar-refractivity contribution is 9.10. The van der Waals surface area contributed by atoms with Gasteiger partial charge < -0.3 is 5.11 Å². The minimum atomic E-state index is -0.365. The van der Waals surface area contributed by atoms with Crippen molar-refractivity contribution in [3.05, 3.63) is 89.2 Å². The third kappa shape index (κ3) is 2.35. The molecule has 0 atom stereocenters. The molecule has 3 heteroatoms. The average Bonchev–Trinajstić information content (AvgIpc) is 2.70. The van der Waals surface area contributed by atoms with E-state index in [1.165, 1.54) is 6.07 Å². The first-order valence-corrected chi connectivity index (χ1v) is 9.45. The maximum absolute atomic E-state index is 15.2. The van der Waals surface area contributed by atoms with Crippen molar-refractivity contribution >= 4 is 48.2 Å². The van der Waals surface area contributed by atoms with Crippen LogP contribution in [0.2, 0.25) is 0 Å². The van der Waals surface area contributed by atoms with E-state index in [1.807, 2.05) is 72.8 Å². The largest absolute Gasteiger partial charge is 0.507 e. The van der Waals surface area contributed by atoms with E-state index < -0.39 is 0 Å². The van der Waals surface area contributed by atoms with Gasteiger partial charge in [-0.3, -0.25) is 0 Å². The fourth-order valence-corrected chi connectivity index (χ4v) is 4.48. The number of hydrogen-bond donors (Lipinski definition) is 1. The predicted octanol–water partition coefficient (Wildman–Crippen LogP) is 7.42. The summed E-state index contributed by atoms with van der Waals surface area (Å²) in [6.45, 7) is 0. The van der Waals surface area contributed by atoms with Crippen LogP contribution < -0.4 is 0 Å². The molecule has 0 aliphatic heterocycles. The van der Waals surface area contributed by atoms with E-state index in [2.05, 4.69) is 15.9 Å². The lowest BCUT2D eigenvalue weighted by Crippen LogP contribution is -1.92. The monoisotopic (exact) mass is 416 g/mol. The van der Waals surface area contributed by atoms with E-state index in [1.54, 1.807) is 0 Å². The second-order valence-corrected chi connectivity index (χ2v) is 7.43. The lowest BCUT2D eigenvalue weighted by atomic mass is 9.89. The zero-order chi connectivity index (χ0) is 18.5. The number of hydrogen-bond acceptors (Lipinski definition) is 1. The molecule has 0 saturated carbocycles. The van der Waals surface area contributed by atoms with Gasteiger partial charge in [-0.1, -0.05) is 88.7 Å². The van der Waals surface area contributed by atoms with E-state index >= 15 is 4.39 Å². The van der Waals surface area contributed by atoms with E-state index in [9.17, 15) is 5.11 Å². The van der Waals surface area contributed by atoms with Crippen molar-refractivity contribution in [3.63, 3.8) is 0 Å². The highest BCUT2D eigenvalue weighted by Crippen LogP contribution is 2.47. The number of halogens is 2. The lowest BCUT2D eigenvalue weighted by Gasteiger charge is -2.17. The minimum absolute atomic E-state index is 0.107. The molecule has 0 aliphatic carbocycles. The van der Waals surface area contributed by atoms with Crippen LogP contribution in [0.4, 0.5) is 4.39 Å². The molecule has 0 spiro atoms. The van der Waals surface area contributed by atoms with E-state index in [0.29, 0.717) is 15.6 Å². The van der Waals surface area contributed by atoms with Crippen molar-refractivity contribution in [1.82, 2.24) is 0 Å². The standard InChI is InChI=1S/C24H14BrFO/c25-20-13-21(26)22(18-11-5-3-9-16(18)20)23-17-10-4-1-7-14(17)15-8-2-6-12-19(15)24(23)27/h1-13,27H. The molecule has 27 heavy (non-hydrogen) atoms. The van der Waals surface area contributed by atoms with Gasteiger partial charge in [0.1, 0.15) is 11.6 Å². The van der Waals surface area contributed by atoms with Gasteiger partial charge in [0.05, 0.1) is 0 Å². The molecule has 0 fully saturated rings. The van der Waals surface area contributed by atoms with Gasteiger partial charge in [-0.25, -0.2) is 4.39 Å². The molecule has 0 aromatic heterocycles. The summed E-state index contributed by atoms with van der Waals surface area (Å²) >= 11 is 3.46. The minimum Gasteiger partial charge on any atom is -0.507 e. The molecule has 5 aromatic carbocycles. The summed E-state index contributed by atoms with van der Waals surface area (Å²) in [5.74, 6) is -0.257. The number of fused-ring (bicyclic) bond motifs is 4. The molecule has 130 valence electrons. The molecule has 1 N–H and O–H groups in total. The van der Waals surface area contributed by atoms with E-state index in [4.69, 9.17) is 0 Å². The number of phenolic OH excluding ortho intramolecular Hbond substituents is 1. The second kappa shape index (κ2) is 6.07. The van der Waals surface area contributed by atoms with Crippen molar-refractivity contribution in [3.8, 4) is 16.9 Å². The first kappa shape index (κ1) is 16.3. The molecular formula is C24H14BrFO. The van der Waals surface area contributed by atoms with Gasteiger partial charge in [0.2, 0.25) is 0 Å². The first-order chi connectivity index (χ1) is 13.2. The maximum Gasteiger partial charge on any atom is 0.132 e. The first-order valence-electron chi connectivity index (χ1n) is 8.66. The van der Waals surface area contributed by atoms with Crippen LogP contribution in [0.25, 0.3) is 43.4 Å². The molecule has 5 aromatic rings. The Balaban J connectivity index is 2.06. The number of phenols is 1. The zero-order valence-electron chi connectivity index (χ0n) is 14.2. The second-order valence-electron chi connectivity index (χ2n) is 6.58. The van der Waals surface area contributed by atoms with Gasteiger partial charge in [-0.15, -0.1) is 0 Å². The molecule has 0 saturated heterocycles. The quantitative estimate of drug-likeness (QED) is 0.282. The SMILES string of the molecule is Oc1c(-c2c(F)cc(Br)c3ccccc23)c2ccccc2c2ccccc12. The van der Waals surface area contributed by atoms with Crippen LogP contribution in [0, 0.1) is 5.82 Å². The van der Waals surface area contributed by atoms with Gasteiger partial charge in [0, 0.05) is 21.0 Å². The topological polar surface area (TPSA) is 20.2 Å². The Hall–Kier alpha value is -2.91. The highest BCUT2D eigenvalue weighted by Gasteiger charge is 2.21. The van der Waals surface area contributed by atoms with Crippen LogP contribution in [0.1, 0.15) is 0 Å². The Bertz CT molecular complexity index is 1360. The summed E-state index contributed by atoms with van der Waals surface area (Å²) in [5.41, 5.74) is 0.957. The third-order valence-corrected chi connectivity index (χ3v) is 5.76. The summed E-state index contributed by atoms with van der Waals surface area (Å²) in [7, 11) is 0. The Kier molecular flexibility index (Phi) is 3.66. The molecular weight excluding hydrogens is 403 g/mol. The molecule has 0 bridgehead atoms. The molecule has 0 heterocycles. The van der Waals surface area contributed by atoms with Crippen molar-refractivity contribution in [1.29, 1.82) is 0 Å². The fraction of sp³-hybridized carbons (Fsp3) is 0. The number of benzene rings is 5. The average molecular weight is 417 g/mol. The van der Waals surface area contributed by atoms with Gasteiger partial charge in [-0.05, 0) is 33.0 Å². The zero-order valence-corrected chi connectivity index (χ0v) is 15.8. The number of aromatic hydroxyl groups is 1. The van der Waals surface area contributed by atoms with Crippen LogP contribution in [-0.2, 0) is 0 Å². The Labute approximate surface area is 163 Å². The molecule has 0 aliphatic rings. The molecule has 0 amide bonds. The van der Waals surface area contributed by atoms with E-state index in [-0.39, 0.29) is 11.6 Å². The Morgan fingerprint density at radius 2 is 1.04 bits per heavy atom. The Morgan fingerprint density at radius 3 is 1.67 bits per heavy atom. The molecule has 0 radical (unpaired) electrons. The summed E-state index contributed by atoms with van der Waals surface area (Å²) in [5, 5.41) is 16.3. The molecule has 1 nitrogen and oxygen atoms in total. The van der Waals surface area contributed by atoms with E-state index in [0.717, 1.165) is 32.3 Å². The third-order valence-electron chi connectivity index (χ3n) is 5.10. The summed E-state index contributed by atoms with van der Waals surface area (Å²) in [4.78, 5) is 0. The fourth-order valence-electron chi connectivity index (χ4n) is 3.93. The number of rotatable bonds is 1. The summed E-state index contributed by atoms with van der Waals surface area (Å²) < 4.78 is 15.9. The van der Waals surface area contributed by atoms with Gasteiger partial charge in [0.25, 0.3) is 0 Å². The molecule has 0 unspecified atom stereocenters. The van der Waals surface area contributed by atoms with Crippen molar-refractivity contribution in [2.45, 2.75) is 0 Å². The van der Waals surface area contributed by atoms with Crippen molar-refractivity contribution in [2.75, 3.05) is 0 Å². The predicted molar refractivity (Wildman–Crippen MR) is 114 cm³/mol. The van der Waals surface area contributed by atoms with Crippen LogP contribution in [-0.4, -0.2) is 5.11 Å². The van der Waals surface area contributed by atoms with Crippen molar-refractivity contribution in [2.24, 2.45) is 0 Å². The molecule has 5 rings (SSSR count). The lowest BCUT2D eigenvalue weighted by molar-refractivity contribution is 0.483. The highest BCUT2D eigenvalue weighted by atomic mass is 79.9. The van der Waals surface area contributed by atoms with Crippen LogP contribution >= 0.6 is 15.9 Å². The maximum atomic E-state index is 15.2. The van der Waals surface area contributed by atoms with Gasteiger partial charge >= 0.3 is 0 Å². The smallest absolute Gasteiger partial charge is 0.132 e. The van der Waals surface area contributed by atoms with Gasteiger partial charge in [-0.2, -0.15) is 0 Å². The van der Waals surface area contributed by atoms with Gasteiger partial charge in [0.15, 0.2) is 0 Å². The normalized spacial score (nSPS) is 11.5. The van der Waals surface area contributed by atoms with Crippen molar-refractivity contribution < 1.29 is 9.50 Å².